The molecule has 6 heteroatoms. The summed E-state index contributed by atoms with van der Waals surface area (Å²) in [7, 11) is 0. The normalized spacial score (nSPS) is 10.5. The van der Waals surface area contributed by atoms with Crippen molar-refractivity contribution in [2.75, 3.05) is 6.61 Å². The highest BCUT2D eigenvalue weighted by Crippen LogP contribution is 2.29. The van der Waals surface area contributed by atoms with Crippen molar-refractivity contribution in [3.05, 3.63) is 58.5 Å². The number of rotatable bonds is 5. The van der Waals surface area contributed by atoms with E-state index in [2.05, 4.69) is 67.8 Å². The molecule has 2 aromatic carbocycles. The van der Waals surface area contributed by atoms with Crippen molar-refractivity contribution in [2.24, 2.45) is 0 Å². The van der Waals surface area contributed by atoms with Crippen LogP contribution >= 0.6 is 67.8 Å². The first-order valence-electron chi connectivity index (χ1n) is 6.03. The standard InChI is InChI=1S/C15H10FI3O2/c16-10-3-1-9(2-4-10)14(20)5-6-21-15-12(18)7-11(17)8-13(15)19/h1-4,7-8H,5-6H2. The number of halogens is 4. The van der Waals surface area contributed by atoms with Gasteiger partial charge < -0.3 is 4.74 Å². The minimum absolute atomic E-state index is 0.0504. The molecule has 0 aliphatic heterocycles. The first-order chi connectivity index (χ1) is 9.97. The number of ether oxygens (including phenoxy) is 1. The summed E-state index contributed by atoms with van der Waals surface area (Å²) in [4.78, 5) is 12.0. The lowest BCUT2D eigenvalue weighted by atomic mass is 10.1. The molecule has 2 aromatic rings. The highest BCUT2D eigenvalue weighted by molar-refractivity contribution is 14.1. The lowest BCUT2D eigenvalue weighted by Crippen LogP contribution is -2.08. The van der Waals surface area contributed by atoms with E-state index in [4.69, 9.17) is 4.74 Å². The Hall–Kier alpha value is 0.0300. The molecule has 0 spiro atoms. The molecule has 0 N–H and O–H groups in total. The quantitative estimate of drug-likeness (QED) is 0.335. The topological polar surface area (TPSA) is 26.3 Å². The van der Waals surface area contributed by atoms with Crippen LogP contribution in [0.4, 0.5) is 4.39 Å². The largest absolute Gasteiger partial charge is 0.491 e. The number of ketones is 1. The Morgan fingerprint density at radius 3 is 2.19 bits per heavy atom. The third-order valence-corrected chi connectivity index (χ3v) is 4.93. The average Bonchev–Trinajstić information content (AvgIpc) is 2.42. The number of hydrogen-bond acceptors (Lipinski definition) is 2. The average molecular weight is 622 g/mol. The molecule has 0 amide bonds. The van der Waals surface area contributed by atoms with Crippen LogP contribution in [-0.4, -0.2) is 12.4 Å². The molecule has 0 heterocycles. The molecule has 0 aliphatic carbocycles. The van der Waals surface area contributed by atoms with Crippen LogP contribution in [0.3, 0.4) is 0 Å². The van der Waals surface area contributed by atoms with E-state index in [-0.39, 0.29) is 18.0 Å². The van der Waals surface area contributed by atoms with Crippen LogP contribution in [0.25, 0.3) is 0 Å². The van der Waals surface area contributed by atoms with Gasteiger partial charge in [0.15, 0.2) is 5.78 Å². The van der Waals surface area contributed by atoms with Gasteiger partial charge in [-0.05, 0) is 104 Å². The summed E-state index contributed by atoms with van der Waals surface area (Å²) in [6, 6.07) is 9.63. The van der Waals surface area contributed by atoms with Crippen molar-refractivity contribution in [1.82, 2.24) is 0 Å². The molecular formula is C15H10FI3O2. The van der Waals surface area contributed by atoms with Crippen LogP contribution in [0.5, 0.6) is 5.75 Å². The Bertz CT molecular complexity index is 633. The van der Waals surface area contributed by atoms with Gasteiger partial charge in [-0.2, -0.15) is 0 Å². The Labute approximate surface area is 163 Å². The summed E-state index contributed by atoms with van der Waals surface area (Å²) >= 11 is 6.70. The minimum atomic E-state index is -0.342. The van der Waals surface area contributed by atoms with Crippen molar-refractivity contribution in [3.8, 4) is 5.75 Å². The molecule has 0 saturated carbocycles. The number of carbonyl (C=O) groups is 1. The van der Waals surface area contributed by atoms with Crippen molar-refractivity contribution in [3.63, 3.8) is 0 Å². The van der Waals surface area contributed by atoms with Crippen molar-refractivity contribution in [2.45, 2.75) is 6.42 Å². The fourth-order valence-corrected chi connectivity index (χ4v) is 5.59. The van der Waals surface area contributed by atoms with E-state index in [9.17, 15) is 9.18 Å². The molecular weight excluding hydrogens is 612 g/mol. The Kier molecular flexibility index (Phi) is 6.66. The number of hydrogen-bond donors (Lipinski definition) is 0. The van der Waals surface area contributed by atoms with Gasteiger partial charge in [0.25, 0.3) is 0 Å². The lowest BCUT2D eigenvalue weighted by Gasteiger charge is -2.10. The predicted octanol–water partition coefficient (Wildman–Crippen LogP) is 5.29. The summed E-state index contributed by atoms with van der Waals surface area (Å²) in [5.74, 6) is 0.417. The fourth-order valence-electron chi connectivity index (χ4n) is 1.69. The summed E-state index contributed by atoms with van der Waals surface area (Å²) in [6.07, 6.45) is 0.268. The first kappa shape index (κ1) is 17.4. The van der Waals surface area contributed by atoms with Crippen LogP contribution in [0, 0.1) is 16.5 Å². The SMILES string of the molecule is O=C(CCOc1c(I)cc(I)cc1I)c1ccc(F)cc1. The van der Waals surface area contributed by atoms with Crippen molar-refractivity contribution >= 4 is 73.6 Å². The maximum atomic E-state index is 12.8. The molecule has 0 atom stereocenters. The van der Waals surface area contributed by atoms with E-state index < -0.39 is 0 Å². The summed E-state index contributed by atoms with van der Waals surface area (Å²) < 4.78 is 21.7. The summed E-state index contributed by atoms with van der Waals surface area (Å²) in [5.41, 5.74) is 0.506. The lowest BCUT2D eigenvalue weighted by molar-refractivity contribution is 0.0961. The van der Waals surface area contributed by atoms with E-state index in [1.807, 2.05) is 12.1 Å². The minimum Gasteiger partial charge on any atom is -0.491 e. The number of Topliss-reactive ketones (excluding diaryl/α,β-unsaturated/α-hetero) is 1. The fraction of sp³-hybridized carbons (Fsp3) is 0.133. The van der Waals surface area contributed by atoms with Gasteiger partial charge in [-0.3, -0.25) is 4.79 Å². The third-order valence-electron chi connectivity index (χ3n) is 2.70. The van der Waals surface area contributed by atoms with E-state index in [0.717, 1.165) is 16.5 Å². The van der Waals surface area contributed by atoms with Crippen LogP contribution in [-0.2, 0) is 0 Å². The monoisotopic (exact) mass is 622 g/mol. The maximum absolute atomic E-state index is 12.8. The molecule has 21 heavy (non-hydrogen) atoms. The molecule has 0 saturated heterocycles. The van der Waals surface area contributed by atoms with Gasteiger partial charge in [-0.25, -0.2) is 4.39 Å². The first-order valence-corrected chi connectivity index (χ1v) is 9.27. The Balaban J connectivity index is 1.95. The second-order valence-electron chi connectivity index (χ2n) is 4.23. The second-order valence-corrected chi connectivity index (χ2v) is 7.80. The summed E-state index contributed by atoms with van der Waals surface area (Å²) in [5, 5.41) is 0. The zero-order valence-corrected chi connectivity index (χ0v) is 17.2. The van der Waals surface area contributed by atoms with Gasteiger partial charge in [-0.1, -0.05) is 0 Å². The van der Waals surface area contributed by atoms with Gasteiger partial charge >= 0.3 is 0 Å². The number of benzene rings is 2. The molecule has 0 bridgehead atoms. The van der Waals surface area contributed by atoms with Crippen molar-refractivity contribution in [1.29, 1.82) is 0 Å². The van der Waals surface area contributed by atoms with E-state index in [1.54, 1.807) is 0 Å². The zero-order valence-electron chi connectivity index (χ0n) is 10.7. The van der Waals surface area contributed by atoms with E-state index in [1.165, 1.54) is 24.3 Å². The summed E-state index contributed by atoms with van der Waals surface area (Å²) in [6.45, 7) is 0.308. The van der Waals surface area contributed by atoms with Crippen LogP contribution in [0.1, 0.15) is 16.8 Å². The van der Waals surface area contributed by atoms with Gasteiger partial charge in [-0.15, -0.1) is 0 Å². The second kappa shape index (κ2) is 8.04. The van der Waals surface area contributed by atoms with Crippen LogP contribution in [0.15, 0.2) is 36.4 Å². The molecule has 0 aromatic heterocycles. The van der Waals surface area contributed by atoms with Gasteiger partial charge in [0.05, 0.1) is 13.7 Å². The molecule has 0 aliphatic rings. The maximum Gasteiger partial charge on any atom is 0.166 e. The third kappa shape index (κ3) is 5.02. The van der Waals surface area contributed by atoms with Crippen molar-refractivity contribution < 1.29 is 13.9 Å². The number of carbonyl (C=O) groups excluding carboxylic acids is 1. The van der Waals surface area contributed by atoms with Crippen LogP contribution < -0.4 is 4.74 Å². The van der Waals surface area contributed by atoms with Gasteiger partial charge in [0.2, 0.25) is 0 Å². The molecule has 0 fully saturated rings. The molecule has 2 nitrogen and oxygen atoms in total. The van der Waals surface area contributed by atoms with Crippen LogP contribution in [0.2, 0.25) is 0 Å². The van der Waals surface area contributed by atoms with E-state index in [0.29, 0.717) is 12.2 Å². The molecule has 0 radical (unpaired) electrons. The van der Waals surface area contributed by atoms with E-state index >= 15 is 0 Å². The van der Waals surface area contributed by atoms with Gasteiger partial charge in [0, 0.05) is 15.6 Å². The highest BCUT2D eigenvalue weighted by atomic mass is 127. The Morgan fingerprint density at radius 2 is 1.62 bits per heavy atom. The molecule has 110 valence electrons. The molecule has 0 unspecified atom stereocenters. The predicted molar refractivity (Wildman–Crippen MR) is 105 cm³/mol. The zero-order chi connectivity index (χ0) is 15.4. The molecule has 2 rings (SSSR count). The smallest absolute Gasteiger partial charge is 0.166 e. The Morgan fingerprint density at radius 1 is 1.05 bits per heavy atom. The highest BCUT2D eigenvalue weighted by Gasteiger charge is 2.10. The van der Waals surface area contributed by atoms with Gasteiger partial charge in [0.1, 0.15) is 11.6 Å².